The molecule has 0 radical (unpaired) electrons. The summed E-state index contributed by atoms with van der Waals surface area (Å²) >= 11 is 0. The Bertz CT molecular complexity index is 111. The van der Waals surface area contributed by atoms with Gasteiger partial charge in [0.2, 0.25) is 0 Å². The molecule has 0 aromatic heterocycles. The molecule has 0 saturated heterocycles. The molecule has 0 bridgehead atoms. The van der Waals surface area contributed by atoms with Crippen molar-refractivity contribution in [1.82, 2.24) is 0 Å². The first-order valence-electron chi connectivity index (χ1n) is 1.30. The first-order chi connectivity index (χ1) is 3.73. The fourth-order valence-electron chi connectivity index (χ4n) is 0. The van der Waals surface area contributed by atoms with Crippen LogP contribution < -0.4 is 19.6 Å². The van der Waals surface area contributed by atoms with Gasteiger partial charge in [0, 0.05) is 0 Å². The van der Waals surface area contributed by atoms with Gasteiger partial charge in [0.05, 0.1) is 7.82 Å². The van der Waals surface area contributed by atoms with Gasteiger partial charge in [-0.2, -0.15) is 0 Å². The average Bonchev–Trinajstić information content (AvgIpc) is 1.19. The summed E-state index contributed by atoms with van der Waals surface area (Å²) in [5.41, 5.74) is 0. The van der Waals surface area contributed by atoms with Crippen molar-refractivity contribution in [3.05, 3.63) is 0 Å². The van der Waals surface area contributed by atoms with E-state index >= 15 is 0 Å². The van der Waals surface area contributed by atoms with E-state index in [1.807, 2.05) is 0 Å². The molecule has 56 valence electrons. The number of rotatable bonds is 0. The molecule has 0 aromatic rings. The van der Waals surface area contributed by atoms with Gasteiger partial charge >= 0.3 is 26.2 Å². The van der Waals surface area contributed by atoms with Crippen molar-refractivity contribution in [2.75, 3.05) is 0 Å². The minimum absolute atomic E-state index is 0. The van der Waals surface area contributed by atoms with Gasteiger partial charge in [-0.25, -0.2) is 0 Å². The summed E-state index contributed by atoms with van der Waals surface area (Å²) in [6.07, 6.45) is 0. The molecule has 0 atom stereocenters. The van der Waals surface area contributed by atoms with Gasteiger partial charge in [0.15, 0.2) is 0 Å². The van der Waals surface area contributed by atoms with Crippen LogP contribution in [0.25, 0.3) is 0 Å². The quantitative estimate of drug-likeness (QED) is 0.441. The minimum atomic E-state index is -5.14. The van der Waals surface area contributed by atoms with Crippen molar-refractivity contribution in [3.8, 4) is 0 Å². The molecular weight excluding hydrogens is 265 g/mol. The predicted octanol–water partition coefficient (Wildman–Crippen LogP) is -3.83. The van der Waals surface area contributed by atoms with Gasteiger partial charge in [-0.3, -0.25) is 0 Å². The smallest absolute Gasteiger partial charge is 0.790 e. The molecule has 0 rings (SSSR count). The van der Waals surface area contributed by atoms with Crippen LogP contribution in [0.5, 0.6) is 0 Å². The van der Waals surface area contributed by atoms with Crippen molar-refractivity contribution >= 4 is 16.1 Å². The average molecular weight is 266 g/mol. The van der Waals surface area contributed by atoms with Gasteiger partial charge in [-0.05, 0) is 0 Å². The van der Waals surface area contributed by atoms with Crippen molar-refractivity contribution in [2.24, 2.45) is 0 Å². The zero-order valence-corrected chi connectivity index (χ0v) is 8.54. The Kier molecular flexibility index (Phi) is 14.0. The van der Waals surface area contributed by atoms with Gasteiger partial charge in [-0.15, -0.1) is 0 Å². The molecule has 10 heteroatoms. The van der Waals surface area contributed by atoms with E-state index in [1.54, 1.807) is 0 Å². The molecule has 0 fully saturated rings. The number of hydrogen-bond acceptors (Lipinski definition) is 6. The Labute approximate surface area is 76.0 Å². The summed E-state index contributed by atoms with van der Waals surface area (Å²) in [5.74, 6) is 0. The topological polar surface area (TPSA) is 147 Å². The van der Waals surface area contributed by atoms with E-state index in [0.717, 1.165) is 0 Å². The van der Waals surface area contributed by atoms with Crippen molar-refractivity contribution in [3.63, 3.8) is 0 Å². The SMILES string of the molecule is O=P([O-])([O-])O.O=[P+]([O-])[O-].[Zr+4]. The van der Waals surface area contributed by atoms with Gasteiger partial charge < -0.3 is 29.0 Å². The van der Waals surface area contributed by atoms with Crippen LogP contribution in [0.2, 0.25) is 0 Å². The molecule has 0 saturated carbocycles. The standard InChI is InChI=1S/H3O4P.HO3P.Zr/c1-5(2,3)4;1-4(2)3;/h(H3,1,2,3,4);(H,1,2,3);/q;;+4/p-3. The van der Waals surface area contributed by atoms with Crippen LogP contribution in [0.3, 0.4) is 0 Å². The van der Waals surface area contributed by atoms with Crippen LogP contribution in [0, 0.1) is 0 Å². The third-order valence-electron chi connectivity index (χ3n) is 0. The second kappa shape index (κ2) is 8.11. The molecule has 7 nitrogen and oxygen atoms in total. The third kappa shape index (κ3) is 564. The maximum Gasteiger partial charge on any atom is 4.00 e. The van der Waals surface area contributed by atoms with Crippen molar-refractivity contribution in [2.45, 2.75) is 0 Å². The maximum absolute atomic E-state index is 8.66. The first-order valence-corrected chi connectivity index (χ1v) is 3.89. The van der Waals surface area contributed by atoms with Crippen molar-refractivity contribution < 1.29 is 59.8 Å². The molecule has 1 N–H and O–H groups in total. The van der Waals surface area contributed by atoms with E-state index in [9.17, 15) is 0 Å². The zero-order valence-electron chi connectivity index (χ0n) is 4.29. The summed E-state index contributed by atoms with van der Waals surface area (Å²) in [4.78, 5) is 41.2. The van der Waals surface area contributed by atoms with Crippen LogP contribution in [0.1, 0.15) is 0 Å². The van der Waals surface area contributed by atoms with E-state index in [1.165, 1.54) is 0 Å². The summed E-state index contributed by atoms with van der Waals surface area (Å²) < 4.78 is 17.1. The van der Waals surface area contributed by atoms with E-state index in [4.69, 9.17) is 33.6 Å². The van der Waals surface area contributed by atoms with E-state index < -0.39 is 16.1 Å². The molecule has 0 aliphatic rings. The molecule has 0 amide bonds. The normalized spacial score (nSPS) is 8.50. The Balaban J connectivity index is -0.0000000910. The van der Waals surface area contributed by atoms with Gasteiger partial charge in [-0.1, -0.05) is 4.57 Å². The van der Waals surface area contributed by atoms with Crippen LogP contribution >= 0.6 is 16.1 Å². The maximum atomic E-state index is 8.66. The molecule has 0 aliphatic carbocycles. The summed E-state index contributed by atoms with van der Waals surface area (Å²) in [6.45, 7) is 0. The molecule has 0 unspecified atom stereocenters. The molecule has 10 heavy (non-hydrogen) atoms. The Morgan fingerprint density at radius 2 is 1.30 bits per heavy atom. The first kappa shape index (κ1) is 17.2. The molecule has 0 aliphatic heterocycles. The zero-order chi connectivity index (χ0) is 8.08. The monoisotopic (exact) mass is 265 g/mol. The number of hydrogen-bond donors (Lipinski definition) is 1. The molecule has 0 spiro atoms. The van der Waals surface area contributed by atoms with Crippen molar-refractivity contribution in [1.29, 1.82) is 0 Å². The van der Waals surface area contributed by atoms with Gasteiger partial charge in [0.1, 0.15) is 0 Å². The predicted molar refractivity (Wildman–Crippen MR) is 17.4 cm³/mol. The Morgan fingerprint density at radius 1 is 1.30 bits per heavy atom. The fraction of sp³-hybridized carbons (Fsp3) is 0. The van der Waals surface area contributed by atoms with E-state index in [-0.39, 0.29) is 26.2 Å². The molecular formula is HO7P2Zr+. The number of phosphoric acid groups is 1. The second-order valence-electron chi connectivity index (χ2n) is 0.692. The Hall–Kier alpha value is 1.01. The van der Waals surface area contributed by atoms with Gasteiger partial charge in [0.25, 0.3) is 8.25 Å². The Morgan fingerprint density at radius 3 is 1.30 bits per heavy atom. The van der Waals surface area contributed by atoms with E-state index in [0.29, 0.717) is 0 Å². The molecule has 0 heterocycles. The largest absolute Gasteiger partial charge is 4.00 e. The fourth-order valence-corrected chi connectivity index (χ4v) is 0. The van der Waals surface area contributed by atoms with Crippen LogP contribution in [-0.2, 0) is 35.3 Å². The summed E-state index contributed by atoms with van der Waals surface area (Å²) in [6, 6.07) is 0. The van der Waals surface area contributed by atoms with Crippen LogP contribution in [0.15, 0.2) is 0 Å². The summed E-state index contributed by atoms with van der Waals surface area (Å²) in [5, 5.41) is 0. The minimum Gasteiger partial charge on any atom is -0.790 e. The second-order valence-corrected chi connectivity index (χ2v) is 2.08. The molecule has 0 aromatic carbocycles. The third-order valence-corrected chi connectivity index (χ3v) is 0. The van der Waals surface area contributed by atoms with Crippen LogP contribution in [-0.4, -0.2) is 4.89 Å². The van der Waals surface area contributed by atoms with E-state index in [2.05, 4.69) is 0 Å². The summed E-state index contributed by atoms with van der Waals surface area (Å²) in [7, 11) is -8.51. The van der Waals surface area contributed by atoms with Crippen LogP contribution in [0.4, 0.5) is 0 Å².